The van der Waals surface area contributed by atoms with Gasteiger partial charge in [-0.3, -0.25) is 4.79 Å². The molecule has 2 N–H and O–H groups in total. The van der Waals surface area contributed by atoms with Crippen molar-refractivity contribution in [2.24, 2.45) is 5.10 Å². The smallest absolute Gasteiger partial charge is 0.255 e. The van der Waals surface area contributed by atoms with Gasteiger partial charge in [0.1, 0.15) is 0 Å². The number of rotatable bonds is 10. The molecule has 0 unspecified atom stereocenters. The number of benzene rings is 3. The SMILES string of the molecule is CCOc1cc(/C=N\NC(=O)CN(Cc2ccc(Cl)cc2Cl)S(=O)(=O)c2ccc(Cl)cc2)ccc1O. The zero-order valence-corrected chi connectivity index (χ0v) is 22.1. The molecule has 0 aliphatic heterocycles. The maximum absolute atomic E-state index is 13.3. The minimum absolute atomic E-state index is 0.0260. The Kier molecular flexibility index (Phi) is 9.58. The van der Waals surface area contributed by atoms with E-state index >= 15 is 0 Å². The fourth-order valence-electron chi connectivity index (χ4n) is 3.08. The molecule has 0 fully saturated rings. The zero-order valence-electron chi connectivity index (χ0n) is 19.0. The van der Waals surface area contributed by atoms with Crippen LogP contribution in [0.3, 0.4) is 0 Å². The molecule has 0 aromatic heterocycles. The summed E-state index contributed by atoms with van der Waals surface area (Å²) < 4.78 is 33.0. The molecule has 0 aliphatic rings. The van der Waals surface area contributed by atoms with Crippen LogP contribution < -0.4 is 10.2 Å². The van der Waals surface area contributed by atoms with Crippen molar-refractivity contribution >= 4 is 56.9 Å². The van der Waals surface area contributed by atoms with Crippen LogP contribution in [-0.2, 0) is 21.4 Å². The lowest BCUT2D eigenvalue weighted by molar-refractivity contribution is -0.121. The lowest BCUT2D eigenvalue weighted by Gasteiger charge is -2.22. The van der Waals surface area contributed by atoms with Crippen LogP contribution >= 0.6 is 34.8 Å². The molecule has 190 valence electrons. The molecule has 0 aliphatic carbocycles. The van der Waals surface area contributed by atoms with E-state index in [1.165, 1.54) is 42.6 Å². The number of phenols is 1. The van der Waals surface area contributed by atoms with Crippen molar-refractivity contribution in [3.8, 4) is 11.5 Å². The average Bonchev–Trinajstić information content (AvgIpc) is 2.82. The number of carbonyl (C=O) groups excluding carboxylic acids is 1. The van der Waals surface area contributed by atoms with Gasteiger partial charge in [-0.2, -0.15) is 9.41 Å². The fraction of sp³-hybridized carbons (Fsp3) is 0.167. The number of carbonyl (C=O) groups is 1. The van der Waals surface area contributed by atoms with Gasteiger partial charge < -0.3 is 9.84 Å². The Morgan fingerprint density at radius 2 is 1.75 bits per heavy atom. The van der Waals surface area contributed by atoms with Crippen molar-refractivity contribution in [1.82, 2.24) is 9.73 Å². The summed E-state index contributed by atoms with van der Waals surface area (Å²) in [6.07, 6.45) is 1.34. The van der Waals surface area contributed by atoms with Crippen molar-refractivity contribution in [3.05, 3.63) is 86.9 Å². The van der Waals surface area contributed by atoms with E-state index < -0.39 is 22.5 Å². The minimum atomic E-state index is -4.11. The number of halogens is 3. The predicted octanol–water partition coefficient (Wildman–Crippen LogP) is 5.09. The number of hydrogen-bond donors (Lipinski definition) is 2. The van der Waals surface area contributed by atoms with Crippen LogP contribution in [0.1, 0.15) is 18.1 Å². The molecule has 0 radical (unpaired) electrons. The summed E-state index contributed by atoms with van der Waals surface area (Å²) in [5, 5.41) is 14.7. The minimum Gasteiger partial charge on any atom is -0.504 e. The molecular weight excluding hydrogens is 549 g/mol. The molecule has 0 atom stereocenters. The molecule has 1 amide bonds. The lowest BCUT2D eigenvalue weighted by Crippen LogP contribution is -2.39. The molecule has 36 heavy (non-hydrogen) atoms. The third-order valence-corrected chi connectivity index (χ3v) is 7.46. The van der Waals surface area contributed by atoms with Crippen molar-refractivity contribution in [3.63, 3.8) is 0 Å². The Morgan fingerprint density at radius 3 is 2.42 bits per heavy atom. The molecule has 12 heteroatoms. The molecule has 3 aromatic rings. The Bertz CT molecular complexity index is 1370. The number of hydrazone groups is 1. The number of phenolic OH excluding ortho intramolecular Hbond substituents is 1. The predicted molar refractivity (Wildman–Crippen MR) is 141 cm³/mol. The van der Waals surface area contributed by atoms with E-state index in [0.717, 1.165) is 4.31 Å². The molecule has 0 heterocycles. The summed E-state index contributed by atoms with van der Waals surface area (Å²) in [4.78, 5) is 12.6. The maximum atomic E-state index is 13.3. The Balaban J connectivity index is 1.80. The number of nitrogens with zero attached hydrogens (tertiary/aromatic N) is 2. The second kappa shape index (κ2) is 12.4. The van der Waals surface area contributed by atoms with Crippen LogP contribution in [0.25, 0.3) is 0 Å². The Hall–Kier alpha value is -2.82. The first-order chi connectivity index (χ1) is 17.1. The Labute approximate surface area is 224 Å². The topological polar surface area (TPSA) is 108 Å². The molecule has 0 saturated carbocycles. The highest BCUT2D eigenvalue weighted by molar-refractivity contribution is 7.89. The largest absolute Gasteiger partial charge is 0.504 e. The molecular formula is C24H22Cl3N3O5S. The first kappa shape index (κ1) is 27.8. The molecule has 3 aromatic carbocycles. The van der Waals surface area contributed by atoms with E-state index in [1.807, 2.05) is 0 Å². The van der Waals surface area contributed by atoms with Crippen LogP contribution in [0, 0.1) is 0 Å². The third kappa shape index (κ3) is 7.35. The van der Waals surface area contributed by atoms with Gasteiger partial charge in [-0.1, -0.05) is 40.9 Å². The van der Waals surface area contributed by atoms with Crippen LogP contribution in [-0.4, -0.2) is 43.1 Å². The highest BCUT2D eigenvalue weighted by Crippen LogP contribution is 2.27. The molecule has 0 saturated heterocycles. The summed E-state index contributed by atoms with van der Waals surface area (Å²) in [5.41, 5.74) is 3.33. The summed E-state index contributed by atoms with van der Waals surface area (Å²) >= 11 is 18.1. The van der Waals surface area contributed by atoms with E-state index in [0.29, 0.717) is 27.8 Å². The van der Waals surface area contributed by atoms with Crippen LogP contribution in [0.4, 0.5) is 0 Å². The van der Waals surface area contributed by atoms with Crippen LogP contribution in [0.5, 0.6) is 11.5 Å². The van der Waals surface area contributed by atoms with E-state index in [4.69, 9.17) is 39.5 Å². The first-order valence-corrected chi connectivity index (χ1v) is 13.1. The maximum Gasteiger partial charge on any atom is 0.255 e. The molecule has 0 bridgehead atoms. The highest BCUT2D eigenvalue weighted by Gasteiger charge is 2.27. The van der Waals surface area contributed by atoms with Gasteiger partial charge in [0.2, 0.25) is 10.0 Å². The summed E-state index contributed by atoms with van der Waals surface area (Å²) in [6, 6.07) is 14.8. The Morgan fingerprint density at radius 1 is 1.06 bits per heavy atom. The van der Waals surface area contributed by atoms with Crippen LogP contribution in [0.15, 0.2) is 70.7 Å². The molecule has 8 nitrogen and oxygen atoms in total. The van der Waals surface area contributed by atoms with Gasteiger partial charge in [0.05, 0.1) is 24.3 Å². The highest BCUT2D eigenvalue weighted by atomic mass is 35.5. The second-order valence-corrected chi connectivity index (χ2v) is 10.6. The number of amides is 1. The number of aromatic hydroxyl groups is 1. The standard InChI is InChI=1S/C24H22Cl3N3O5S/c1-2-35-23-11-16(3-10-22(23)31)13-28-29-24(32)15-30(14-17-4-5-19(26)12-21(17)27)36(33,34)20-8-6-18(25)7-9-20/h3-13,31H,2,14-15H2,1H3,(H,29,32)/b28-13-. The van der Waals surface area contributed by atoms with Gasteiger partial charge in [0.25, 0.3) is 5.91 Å². The quantitative estimate of drug-likeness (QED) is 0.261. The van der Waals surface area contributed by atoms with Gasteiger partial charge >= 0.3 is 0 Å². The van der Waals surface area contributed by atoms with E-state index in [9.17, 15) is 18.3 Å². The number of hydrogen-bond acceptors (Lipinski definition) is 6. The van der Waals surface area contributed by atoms with Gasteiger partial charge in [-0.25, -0.2) is 13.8 Å². The molecule has 3 rings (SSSR count). The zero-order chi connectivity index (χ0) is 26.3. The van der Waals surface area contributed by atoms with Crippen molar-refractivity contribution in [2.75, 3.05) is 13.2 Å². The van der Waals surface area contributed by atoms with Crippen molar-refractivity contribution in [1.29, 1.82) is 0 Å². The van der Waals surface area contributed by atoms with E-state index in [-0.39, 0.29) is 28.0 Å². The second-order valence-electron chi connectivity index (χ2n) is 7.42. The molecule has 0 spiro atoms. The van der Waals surface area contributed by atoms with Gasteiger partial charge in [0, 0.05) is 21.6 Å². The number of ether oxygens (including phenoxy) is 1. The summed E-state index contributed by atoms with van der Waals surface area (Å²) in [5.74, 6) is -0.438. The normalized spacial score (nSPS) is 11.7. The van der Waals surface area contributed by atoms with Crippen LogP contribution in [0.2, 0.25) is 15.1 Å². The number of sulfonamides is 1. The average molecular weight is 571 g/mol. The van der Waals surface area contributed by atoms with Crippen molar-refractivity contribution < 1.29 is 23.1 Å². The third-order valence-electron chi connectivity index (χ3n) is 4.82. The summed E-state index contributed by atoms with van der Waals surface area (Å²) in [7, 11) is -4.11. The van der Waals surface area contributed by atoms with Gasteiger partial charge in [0.15, 0.2) is 11.5 Å². The first-order valence-electron chi connectivity index (χ1n) is 10.6. The van der Waals surface area contributed by atoms with E-state index in [2.05, 4.69) is 10.5 Å². The van der Waals surface area contributed by atoms with Gasteiger partial charge in [-0.15, -0.1) is 0 Å². The van der Waals surface area contributed by atoms with E-state index in [1.54, 1.807) is 31.2 Å². The van der Waals surface area contributed by atoms with Crippen molar-refractivity contribution in [2.45, 2.75) is 18.4 Å². The summed E-state index contributed by atoms with van der Waals surface area (Å²) in [6.45, 7) is 1.41. The fourth-order valence-corrected chi connectivity index (χ4v) is 5.05. The lowest BCUT2D eigenvalue weighted by atomic mass is 10.2. The number of nitrogens with one attached hydrogen (secondary N) is 1. The monoisotopic (exact) mass is 569 g/mol. The van der Waals surface area contributed by atoms with Gasteiger partial charge in [-0.05, 0) is 72.6 Å².